The molecule has 0 amide bonds. The number of aromatic nitrogens is 3. The van der Waals surface area contributed by atoms with E-state index in [4.69, 9.17) is 5.73 Å². The fourth-order valence-corrected chi connectivity index (χ4v) is 1.59. The predicted molar refractivity (Wildman–Crippen MR) is 64.2 cm³/mol. The minimum absolute atomic E-state index is 0.776. The zero-order valence-electron chi connectivity index (χ0n) is 9.20. The molecule has 0 aliphatic heterocycles. The third kappa shape index (κ3) is 2.31. The molecule has 0 unspecified atom stereocenters. The maximum absolute atomic E-state index is 5.88. The Morgan fingerprint density at radius 2 is 2.31 bits per heavy atom. The van der Waals surface area contributed by atoms with Gasteiger partial charge in [-0.25, -0.2) is 4.98 Å². The van der Waals surface area contributed by atoms with Crippen molar-refractivity contribution in [2.45, 2.75) is 13.3 Å². The SMILES string of the molecule is Cc1cccc(N)c1NCCc1ncn[nH]1. The molecule has 0 fully saturated rings. The second kappa shape index (κ2) is 4.65. The molecule has 0 spiro atoms. The van der Waals surface area contributed by atoms with E-state index in [1.807, 2.05) is 25.1 Å². The van der Waals surface area contributed by atoms with E-state index in [1.54, 1.807) is 0 Å². The van der Waals surface area contributed by atoms with Gasteiger partial charge in [0.1, 0.15) is 12.2 Å². The van der Waals surface area contributed by atoms with Gasteiger partial charge < -0.3 is 11.1 Å². The number of nitrogens with zero attached hydrogens (tertiary/aromatic N) is 2. The molecule has 4 N–H and O–H groups in total. The number of aromatic amines is 1. The maximum atomic E-state index is 5.88. The standard InChI is InChI=1S/C11H15N5/c1-8-3-2-4-9(12)11(8)13-6-5-10-14-7-15-16-10/h2-4,7,13H,5-6,12H2,1H3,(H,14,15,16). The maximum Gasteiger partial charge on any atom is 0.137 e. The molecule has 16 heavy (non-hydrogen) atoms. The number of nitrogens with two attached hydrogens (primary N) is 1. The highest BCUT2D eigenvalue weighted by atomic mass is 15.2. The third-order valence-electron chi connectivity index (χ3n) is 2.43. The summed E-state index contributed by atoms with van der Waals surface area (Å²) in [5, 5.41) is 9.92. The average molecular weight is 217 g/mol. The lowest BCUT2D eigenvalue weighted by atomic mass is 10.1. The number of anilines is 2. The van der Waals surface area contributed by atoms with Crippen LogP contribution in [-0.4, -0.2) is 21.7 Å². The van der Waals surface area contributed by atoms with Crippen LogP contribution in [0.15, 0.2) is 24.5 Å². The Balaban J connectivity index is 1.95. The van der Waals surface area contributed by atoms with Crippen molar-refractivity contribution in [1.29, 1.82) is 0 Å². The fourth-order valence-electron chi connectivity index (χ4n) is 1.59. The molecule has 0 bridgehead atoms. The molecule has 0 saturated heterocycles. The summed E-state index contributed by atoms with van der Waals surface area (Å²) < 4.78 is 0. The molecule has 0 aliphatic rings. The van der Waals surface area contributed by atoms with E-state index < -0.39 is 0 Å². The third-order valence-corrected chi connectivity index (χ3v) is 2.43. The van der Waals surface area contributed by atoms with Crippen LogP contribution < -0.4 is 11.1 Å². The molecule has 1 aromatic carbocycles. The Morgan fingerprint density at radius 3 is 3.00 bits per heavy atom. The second-order valence-corrected chi connectivity index (χ2v) is 3.65. The van der Waals surface area contributed by atoms with Crippen molar-refractivity contribution >= 4 is 11.4 Å². The van der Waals surface area contributed by atoms with Crippen molar-refractivity contribution in [3.8, 4) is 0 Å². The Bertz CT molecular complexity index is 429. The summed E-state index contributed by atoms with van der Waals surface area (Å²) in [5.41, 5.74) is 8.81. The molecule has 0 saturated carbocycles. The molecule has 1 aromatic heterocycles. The largest absolute Gasteiger partial charge is 0.397 e. The van der Waals surface area contributed by atoms with Crippen LogP contribution >= 0.6 is 0 Å². The van der Waals surface area contributed by atoms with Crippen LogP contribution in [-0.2, 0) is 6.42 Å². The summed E-state index contributed by atoms with van der Waals surface area (Å²) in [6, 6.07) is 5.88. The van der Waals surface area contributed by atoms with E-state index in [0.717, 1.165) is 35.7 Å². The van der Waals surface area contributed by atoms with Gasteiger partial charge in [0.2, 0.25) is 0 Å². The number of H-pyrrole nitrogens is 1. The Hall–Kier alpha value is -2.04. The highest BCUT2D eigenvalue weighted by molar-refractivity contribution is 5.69. The summed E-state index contributed by atoms with van der Waals surface area (Å²) in [6.45, 7) is 2.82. The van der Waals surface area contributed by atoms with Crippen LogP contribution in [0.2, 0.25) is 0 Å². The van der Waals surface area contributed by atoms with Crippen LogP contribution in [0.25, 0.3) is 0 Å². The van der Waals surface area contributed by atoms with Gasteiger partial charge >= 0.3 is 0 Å². The lowest BCUT2D eigenvalue weighted by Gasteiger charge is -2.11. The zero-order valence-corrected chi connectivity index (χ0v) is 9.20. The van der Waals surface area contributed by atoms with E-state index in [-0.39, 0.29) is 0 Å². The fraction of sp³-hybridized carbons (Fsp3) is 0.273. The number of hydrogen-bond donors (Lipinski definition) is 3. The number of nitrogens with one attached hydrogen (secondary N) is 2. The van der Waals surface area contributed by atoms with Gasteiger partial charge in [-0.15, -0.1) is 0 Å². The summed E-state index contributed by atoms with van der Waals surface area (Å²) in [7, 11) is 0. The van der Waals surface area contributed by atoms with E-state index in [0.29, 0.717) is 0 Å². The van der Waals surface area contributed by atoms with Gasteiger partial charge in [-0.2, -0.15) is 5.10 Å². The molecule has 2 aromatic rings. The monoisotopic (exact) mass is 217 g/mol. The van der Waals surface area contributed by atoms with Gasteiger partial charge in [0, 0.05) is 13.0 Å². The second-order valence-electron chi connectivity index (χ2n) is 3.65. The van der Waals surface area contributed by atoms with Crippen molar-refractivity contribution in [3.05, 3.63) is 35.9 Å². The summed E-state index contributed by atoms with van der Waals surface area (Å²) >= 11 is 0. The van der Waals surface area contributed by atoms with Crippen molar-refractivity contribution in [1.82, 2.24) is 15.2 Å². The molecule has 0 radical (unpaired) electrons. The number of nitrogen functional groups attached to an aromatic ring is 1. The van der Waals surface area contributed by atoms with Crippen LogP contribution in [0.5, 0.6) is 0 Å². The summed E-state index contributed by atoms with van der Waals surface area (Å²) in [6.07, 6.45) is 2.31. The molecular weight excluding hydrogens is 202 g/mol. The van der Waals surface area contributed by atoms with Crippen molar-refractivity contribution in [2.75, 3.05) is 17.6 Å². The first-order valence-corrected chi connectivity index (χ1v) is 5.20. The van der Waals surface area contributed by atoms with E-state index in [9.17, 15) is 0 Å². The minimum Gasteiger partial charge on any atom is -0.397 e. The van der Waals surface area contributed by atoms with Gasteiger partial charge in [0.15, 0.2) is 0 Å². The molecule has 0 aliphatic carbocycles. The molecule has 84 valence electrons. The van der Waals surface area contributed by atoms with Crippen molar-refractivity contribution in [3.63, 3.8) is 0 Å². The van der Waals surface area contributed by atoms with Crippen LogP contribution in [0.4, 0.5) is 11.4 Å². The molecule has 2 rings (SSSR count). The number of benzene rings is 1. The lowest BCUT2D eigenvalue weighted by Crippen LogP contribution is -2.09. The molecule has 5 nitrogen and oxygen atoms in total. The number of hydrogen-bond acceptors (Lipinski definition) is 4. The van der Waals surface area contributed by atoms with Crippen LogP contribution in [0.3, 0.4) is 0 Å². The zero-order chi connectivity index (χ0) is 11.4. The first kappa shape index (κ1) is 10.5. The molecular formula is C11H15N5. The van der Waals surface area contributed by atoms with Gasteiger partial charge in [-0.3, -0.25) is 5.10 Å². The van der Waals surface area contributed by atoms with Crippen LogP contribution in [0.1, 0.15) is 11.4 Å². The van der Waals surface area contributed by atoms with Gasteiger partial charge in [-0.05, 0) is 18.6 Å². The normalized spacial score (nSPS) is 10.3. The van der Waals surface area contributed by atoms with Gasteiger partial charge in [0.25, 0.3) is 0 Å². The van der Waals surface area contributed by atoms with Gasteiger partial charge in [-0.1, -0.05) is 12.1 Å². The lowest BCUT2D eigenvalue weighted by molar-refractivity contribution is 0.900. The van der Waals surface area contributed by atoms with Crippen LogP contribution in [0, 0.1) is 6.92 Å². The smallest absolute Gasteiger partial charge is 0.137 e. The summed E-state index contributed by atoms with van der Waals surface area (Å²) in [4.78, 5) is 4.05. The predicted octanol–water partition coefficient (Wildman–Crippen LogP) is 1.35. The molecule has 0 atom stereocenters. The van der Waals surface area contributed by atoms with Crippen molar-refractivity contribution in [2.24, 2.45) is 0 Å². The quantitative estimate of drug-likeness (QED) is 0.675. The van der Waals surface area contributed by atoms with Crippen molar-refractivity contribution < 1.29 is 0 Å². The highest BCUT2D eigenvalue weighted by Crippen LogP contribution is 2.22. The Labute approximate surface area is 94.1 Å². The Kier molecular flexibility index (Phi) is 3.05. The molecule has 1 heterocycles. The number of aryl methyl sites for hydroxylation is 1. The first-order chi connectivity index (χ1) is 7.77. The minimum atomic E-state index is 0.776. The van der Waals surface area contributed by atoms with E-state index in [2.05, 4.69) is 20.5 Å². The Morgan fingerprint density at radius 1 is 1.44 bits per heavy atom. The highest BCUT2D eigenvalue weighted by Gasteiger charge is 2.02. The average Bonchev–Trinajstić information content (AvgIpc) is 2.75. The summed E-state index contributed by atoms with van der Waals surface area (Å²) in [5.74, 6) is 0.875. The van der Waals surface area contributed by atoms with E-state index >= 15 is 0 Å². The van der Waals surface area contributed by atoms with E-state index in [1.165, 1.54) is 6.33 Å². The molecule has 5 heteroatoms. The number of para-hydroxylation sites is 1. The van der Waals surface area contributed by atoms with Gasteiger partial charge in [0.05, 0.1) is 11.4 Å². The topological polar surface area (TPSA) is 79.6 Å². The first-order valence-electron chi connectivity index (χ1n) is 5.20. The number of rotatable bonds is 4.